The van der Waals surface area contributed by atoms with E-state index in [4.69, 9.17) is 4.99 Å². The van der Waals surface area contributed by atoms with Gasteiger partial charge in [0.05, 0.1) is 5.69 Å². The van der Waals surface area contributed by atoms with Gasteiger partial charge < -0.3 is 0 Å². The van der Waals surface area contributed by atoms with Gasteiger partial charge in [-0.25, -0.2) is 0 Å². The maximum absolute atomic E-state index is 4.83. The minimum Gasteiger partial charge on any atom is -0.253 e. The van der Waals surface area contributed by atoms with Crippen LogP contribution >= 0.6 is 0 Å². The first-order valence-corrected chi connectivity index (χ1v) is 6.80. The van der Waals surface area contributed by atoms with Gasteiger partial charge in [-0.1, -0.05) is 56.3 Å². The summed E-state index contributed by atoms with van der Waals surface area (Å²) in [5.41, 5.74) is 5.95. The number of rotatable bonds is 3. The number of aliphatic imine (C=N–C) groups is 1. The standard InChI is InChI=1S/C18H21N/c1-13(2)16-10-7-8-12-18(16)19-15(4)17-11-6-5-9-14(17)3/h5-13H,1-4H3/b19-15+. The Kier molecular flexibility index (Phi) is 4.16. The fourth-order valence-electron chi connectivity index (χ4n) is 2.30. The predicted octanol–water partition coefficient (Wildman–Crippen LogP) is 5.26. The van der Waals surface area contributed by atoms with E-state index < -0.39 is 0 Å². The summed E-state index contributed by atoms with van der Waals surface area (Å²) in [6.07, 6.45) is 0. The summed E-state index contributed by atoms with van der Waals surface area (Å²) in [7, 11) is 0. The molecule has 0 N–H and O–H groups in total. The third-order valence-electron chi connectivity index (χ3n) is 3.38. The van der Waals surface area contributed by atoms with Crippen LogP contribution in [0.5, 0.6) is 0 Å². The molecule has 0 fully saturated rings. The van der Waals surface area contributed by atoms with Gasteiger partial charge in [-0.15, -0.1) is 0 Å². The van der Waals surface area contributed by atoms with Crippen molar-refractivity contribution in [1.82, 2.24) is 0 Å². The maximum atomic E-state index is 4.83. The molecule has 0 heterocycles. The molecule has 0 aliphatic heterocycles. The summed E-state index contributed by atoms with van der Waals surface area (Å²) in [5, 5.41) is 0. The lowest BCUT2D eigenvalue weighted by Crippen LogP contribution is -1.98. The van der Waals surface area contributed by atoms with Crippen molar-refractivity contribution in [2.45, 2.75) is 33.6 Å². The Morgan fingerprint density at radius 1 is 0.947 bits per heavy atom. The van der Waals surface area contributed by atoms with Crippen molar-refractivity contribution in [2.75, 3.05) is 0 Å². The van der Waals surface area contributed by atoms with Crippen LogP contribution in [0, 0.1) is 6.92 Å². The topological polar surface area (TPSA) is 12.4 Å². The van der Waals surface area contributed by atoms with Crippen LogP contribution in [0.3, 0.4) is 0 Å². The smallest absolute Gasteiger partial charge is 0.0667 e. The summed E-state index contributed by atoms with van der Waals surface area (Å²) in [6.45, 7) is 8.62. The summed E-state index contributed by atoms with van der Waals surface area (Å²) >= 11 is 0. The van der Waals surface area contributed by atoms with E-state index in [9.17, 15) is 0 Å². The Morgan fingerprint density at radius 3 is 2.26 bits per heavy atom. The van der Waals surface area contributed by atoms with Crippen LogP contribution in [0.25, 0.3) is 0 Å². The highest BCUT2D eigenvalue weighted by atomic mass is 14.7. The molecular weight excluding hydrogens is 230 g/mol. The van der Waals surface area contributed by atoms with Crippen molar-refractivity contribution in [1.29, 1.82) is 0 Å². The molecule has 2 aromatic carbocycles. The van der Waals surface area contributed by atoms with Crippen molar-refractivity contribution in [3.8, 4) is 0 Å². The molecule has 2 aromatic rings. The fourth-order valence-corrected chi connectivity index (χ4v) is 2.30. The highest BCUT2D eigenvalue weighted by Gasteiger charge is 2.06. The van der Waals surface area contributed by atoms with Gasteiger partial charge >= 0.3 is 0 Å². The van der Waals surface area contributed by atoms with Gasteiger partial charge in [0.25, 0.3) is 0 Å². The molecule has 98 valence electrons. The van der Waals surface area contributed by atoms with Crippen molar-refractivity contribution in [3.05, 3.63) is 65.2 Å². The second kappa shape index (κ2) is 5.83. The molecule has 1 nitrogen and oxygen atoms in total. The van der Waals surface area contributed by atoms with E-state index >= 15 is 0 Å². The van der Waals surface area contributed by atoms with Crippen LogP contribution in [-0.4, -0.2) is 5.71 Å². The Hall–Kier alpha value is -1.89. The first-order valence-electron chi connectivity index (χ1n) is 6.80. The molecule has 0 aliphatic rings. The monoisotopic (exact) mass is 251 g/mol. The lowest BCUT2D eigenvalue weighted by atomic mass is 10.0. The van der Waals surface area contributed by atoms with Gasteiger partial charge in [-0.2, -0.15) is 0 Å². The van der Waals surface area contributed by atoms with Crippen LogP contribution in [0.1, 0.15) is 43.4 Å². The number of aryl methyl sites for hydroxylation is 1. The second-order valence-corrected chi connectivity index (χ2v) is 5.23. The number of hydrogen-bond donors (Lipinski definition) is 0. The van der Waals surface area contributed by atoms with E-state index in [0.717, 1.165) is 11.4 Å². The molecule has 0 bridgehead atoms. The quantitative estimate of drug-likeness (QED) is 0.660. The molecule has 0 radical (unpaired) electrons. The fraction of sp³-hybridized carbons (Fsp3) is 0.278. The van der Waals surface area contributed by atoms with Crippen molar-refractivity contribution < 1.29 is 0 Å². The number of benzene rings is 2. The molecule has 2 rings (SSSR count). The number of nitrogens with zero attached hydrogens (tertiary/aromatic N) is 1. The zero-order valence-corrected chi connectivity index (χ0v) is 12.1. The number of para-hydroxylation sites is 1. The second-order valence-electron chi connectivity index (χ2n) is 5.23. The largest absolute Gasteiger partial charge is 0.253 e. The van der Waals surface area contributed by atoms with Gasteiger partial charge in [-0.05, 0) is 42.5 Å². The minimum atomic E-state index is 0.490. The Bertz CT molecular complexity index is 594. The molecular formula is C18H21N. The molecule has 1 heteroatoms. The average molecular weight is 251 g/mol. The van der Waals surface area contributed by atoms with Crippen LogP contribution in [-0.2, 0) is 0 Å². The van der Waals surface area contributed by atoms with Crippen LogP contribution in [0.4, 0.5) is 5.69 Å². The minimum absolute atomic E-state index is 0.490. The zero-order valence-electron chi connectivity index (χ0n) is 12.1. The normalized spacial score (nSPS) is 11.9. The van der Waals surface area contributed by atoms with E-state index in [1.165, 1.54) is 16.7 Å². The van der Waals surface area contributed by atoms with Gasteiger partial charge in [0.15, 0.2) is 0 Å². The molecule has 0 spiro atoms. The van der Waals surface area contributed by atoms with Gasteiger partial charge in [0.1, 0.15) is 0 Å². The molecule has 0 atom stereocenters. The summed E-state index contributed by atoms with van der Waals surface area (Å²) in [4.78, 5) is 4.83. The third kappa shape index (κ3) is 3.11. The molecule has 0 unspecified atom stereocenters. The SMILES string of the molecule is C/C(=N\c1ccccc1C(C)C)c1ccccc1C. The Morgan fingerprint density at radius 2 is 1.58 bits per heavy atom. The van der Waals surface area contributed by atoms with Crippen LogP contribution in [0.15, 0.2) is 53.5 Å². The van der Waals surface area contributed by atoms with Crippen LogP contribution in [0.2, 0.25) is 0 Å². The third-order valence-corrected chi connectivity index (χ3v) is 3.38. The zero-order chi connectivity index (χ0) is 13.8. The van der Waals surface area contributed by atoms with Gasteiger partial charge in [-0.3, -0.25) is 4.99 Å². The van der Waals surface area contributed by atoms with E-state index in [0.29, 0.717) is 5.92 Å². The molecule has 0 saturated carbocycles. The van der Waals surface area contributed by atoms with Crippen molar-refractivity contribution >= 4 is 11.4 Å². The summed E-state index contributed by atoms with van der Waals surface area (Å²) < 4.78 is 0. The molecule has 0 aliphatic carbocycles. The highest BCUT2D eigenvalue weighted by molar-refractivity contribution is 6.01. The summed E-state index contributed by atoms with van der Waals surface area (Å²) in [5.74, 6) is 0.490. The first kappa shape index (κ1) is 13.5. The lowest BCUT2D eigenvalue weighted by Gasteiger charge is -2.11. The molecule has 0 aromatic heterocycles. The molecule has 19 heavy (non-hydrogen) atoms. The lowest BCUT2D eigenvalue weighted by molar-refractivity contribution is 0.867. The van der Waals surface area contributed by atoms with Gasteiger partial charge in [0.2, 0.25) is 0 Å². The Labute approximate surface area is 116 Å². The number of hydrogen-bond acceptors (Lipinski definition) is 1. The summed E-state index contributed by atoms with van der Waals surface area (Å²) in [6, 6.07) is 16.8. The molecule has 0 saturated heterocycles. The maximum Gasteiger partial charge on any atom is 0.0667 e. The predicted molar refractivity (Wildman–Crippen MR) is 83.6 cm³/mol. The first-order chi connectivity index (χ1) is 9.09. The Balaban J connectivity index is 2.44. The van der Waals surface area contributed by atoms with Crippen molar-refractivity contribution in [3.63, 3.8) is 0 Å². The molecule has 0 amide bonds. The van der Waals surface area contributed by atoms with Crippen LogP contribution < -0.4 is 0 Å². The van der Waals surface area contributed by atoms with E-state index in [1.54, 1.807) is 0 Å². The highest BCUT2D eigenvalue weighted by Crippen LogP contribution is 2.27. The van der Waals surface area contributed by atoms with Crippen molar-refractivity contribution in [2.24, 2.45) is 4.99 Å². The van der Waals surface area contributed by atoms with E-state index in [-0.39, 0.29) is 0 Å². The van der Waals surface area contributed by atoms with Gasteiger partial charge in [0, 0.05) is 5.71 Å². The van der Waals surface area contributed by atoms with E-state index in [1.807, 2.05) is 0 Å². The van der Waals surface area contributed by atoms with E-state index in [2.05, 4.69) is 76.2 Å². The average Bonchev–Trinajstić information content (AvgIpc) is 2.39.